The number of rotatable bonds is 4. The number of anilines is 1. The molecule has 0 unspecified atom stereocenters. The summed E-state index contributed by atoms with van der Waals surface area (Å²) in [4.78, 5) is 0. The standard InChI is InChI=1S/C10H19N3O2S/c1-5-6-16(14,15)13-9-7-8(11-12-9)10(2,3)4/h7H,5-6H2,1-4H3,(H2,11,12,13). The Morgan fingerprint density at radius 3 is 2.50 bits per heavy atom. The van der Waals surface area contributed by atoms with Crippen molar-refractivity contribution in [3.8, 4) is 0 Å². The predicted molar refractivity (Wildman–Crippen MR) is 65.0 cm³/mol. The van der Waals surface area contributed by atoms with Crippen LogP contribution in [0, 0.1) is 0 Å². The van der Waals surface area contributed by atoms with E-state index in [1.165, 1.54) is 0 Å². The minimum absolute atomic E-state index is 0.0680. The Hall–Kier alpha value is -1.04. The van der Waals surface area contributed by atoms with Gasteiger partial charge in [0, 0.05) is 17.2 Å². The first kappa shape index (κ1) is 13.0. The molecule has 1 heterocycles. The molecule has 1 rings (SSSR count). The predicted octanol–water partition coefficient (Wildman–Crippen LogP) is 1.86. The molecule has 0 fully saturated rings. The lowest BCUT2D eigenvalue weighted by Crippen LogP contribution is -2.16. The van der Waals surface area contributed by atoms with Gasteiger partial charge < -0.3 is 0 Å². The highest BCUT2D eigenvalue weighted by molar-refractivity contribution is 7.92. The van der Waals surface area contributed by atoms with Crippen molar-refractivity contribution in [1.82, 2.24) is 10.2 Å². The van der Waals surface area contributed by atoms with Crippen molar-refractivity contribution in [2.75, 3.05) is 10.5 Å². The fourth-order valence-electron chi connectivity index (χ4n) is 1.24. The second-order valence-electron chi connectivity index (χ2n) is 4.84. The Kier molecular flexibility index (Phi) is 3.62. The summed E-state index contributed by atoms with van der Waals surface area (Å²) in [5, 5.41) is 6.77. The molecule has 92 valence electrons. The van der Waals surface area contributed by atoms with E-state index >= 15 is 0 Å². The van der Waals surface area contributed by atoms with Crippen LogP contribution in [0.25, 0.3) is 0 Å². The Labute approximate surface area is 96.7 Å². The summed E-state index contributed by atoms with van der Waals surface area (Å²) in [7, 11) is -3.25. The topological polar surface area (TPSA) is 74.8 Å². The van der Waals surface area contributed by atoms with E-state index in [-0.39, 0.29) is 11.2 Å². The average molecular weight is 245 g/mol. The minimum atomic E-state index is -3.25. The van der Waals surface area contributed by atoms with Crippen LogP contribution in [-0.2, 0) is 15.4 Å². The molecule has 0 aliphatic heterocycles. The summed E-state index contributed by atoms with van der Waals surface area (Å²) in [5.74, 6) is 0.475. The number of hydrogen-bond donors (Lipinski definition) is 2. The van der Waals surface area contributed by atoms with Crippen molar-refractivity contribution >= 4 is 15.8 Å². The van der Waals surface area contributed by atoms with Crippen molar-refractivity contribution < 1.29 is 8.42 Å². The van der Waals surface area contributed by atoms with Crippen molar-refractivity contribution in [1.29, 1.82) is 0 Å². The molecule has 2 N–H and O–H groups in total. The Morgan fingerprint density at radius 2 is 2.06 bits per heavy atom. The van der Waals surface area contributed by atoms with E-state index in [1.807, 2.05) is 27.7 Å². The summed E-state index contributed by atoms with van der Waals surface area (Å²) < 4.78 is 25.4. The zero-order valence-corrected chi connectivity index (χ0v) is 11.0. The first-order valence-corrected chi connectivity index (χ1v) is 6.96. The molecule has 1 aromatic heterocycles. The third kappa shape index (κ3) is 3.52. The van der Waals surface area contributed by atoms with Gasteiger partial charge in [-0.3, -0.25) is 9.82 Å². The maximum atomic E-state index is 11.5. The van der Waals surface area contributed by atoms with Gasteiger partial charge >= 0.3 is 0 Å². The molecule has 5 nitrogen and oxygen atoms in total. The second kappa shape index (κ2) is 4.45. The van der Waals surface area contributed by atoms with Crippen molar-refractivity contribution in [3.05, 3.63) is 11.8 Å². The van der Waals surface area contributed by atoms with Crippen LogP contribution in [0.15, 0.2) is 6.07 Å². The van der Waals surface area contributed by atoms with Gasteiger partial charge in [-0.1, -0.05) is 27.7 Å². The van der Waals surface area contributed by atoms with E-state index in [4.69, 9.17) is 0 Å². The fourth-order valence-corrected chi connectivity index (χ4v) is 2.30. The number of sulfonamides is 1. The smallest absolute Gasteiger partial charge is 0.233 e. The van der Waals surface area contributed by atoms with E-state index in [1.54, 1.807) is 6.07 Å². The van der Waals surface area contributed by atoms with Gasteiger partial charge in [0.15, 0.2) is 5.82 Å². The molecule has 0 aromatic carbocycles. The summed E-state index contributed by atoms with van der Waals surface area (Å²) in [6.45, 7) is 7.92. The summed E-state index contributed by atoms with van der Waals surface area (Å²) in [5.41, 5.74) is 0.836. The van der Waals surface area contributed by atoms with E-state index in [0.29, 0.717) is 12.2 Å². The van der Waals surface area contributed by atoms with Gasteiger partial charge in [0.2, 0.25) is 10.0 Å². The summed E-state index contributed by atoms with van der Waals surface area (Å²) >= 11 is 0. The van der Waals surface area contributed by atoms with Crippen LogP contribution >= 0.6 is 0 Å². The highest BCUT2D eigenvalue weighted by Gasteiger charge is 2.18. The van der Waals surface area contributed by atoms with Crippen molar-refractivity contribution in [3.63, 3.8) is 0 Å². The van der Waals surface area contributed by atoms with Gasteiger partial charge in [-0.15, -0.1) is 0 Å². The fraction of sp³-hybridized carbons (Fsp3) is 0.700. The molecule has 6 heteroatoms. The van der Waals surface area contributed by atoms with E-state index < -0.39 is 10.0 Å². The largest absolute Gasteiger partial charge is 0.280 e. The molecule has 0 atom stereocenters. The maximum Gasteiger partial charge on any atom is 0.233 e. The lowest BCUT2D eigenvalue weighted by atomic mass is 9.92. The molecular formula is C10H19N3O2S. The molecule has 0 aliphatic rings. The first-order valence-electron chi connectivity index (χ1n) is 5.31. The lowest BCUT2D eigenvalue weighted by molar-refractivity contribution is 0.567. The molecule has 0 spiro atoms. The van der Waals surface area contributed by atoms with Crippen LogP contribution in [0.5, 0.6) is 0 Å². The molecule has 0 saturated carbocycles. The molecule has 16 heavy (non-hydrogen) atoms. The Bertz CT molecular complexity index is 443. The number of nitrogens with zero attached hydrogens (tertiary/aromatic N) is 1. The van der Waals surface area contributed by atoms with Gasteiger partial charge in [-0.05, 0) is 6.42 Å². The van der Waals surface area contributed by atoms with Crippen LogP contribution in [0.1, 0.15) is 39.8 Å². The SMILES string of the molecule is CCCS(=O)(=O)Nc1cc(C(C)(C)C)[nH]n1. The highest BCUT2D eigenvalue weighted by atomic mass is 32.2. The molecule has 0 radical (unpaired) electrons. The first-order chi connectivity index (χ1) is 7.24. The lowest BCUT2D eigenvalue weighted by Gasteiger charge is -2.14. The molecular weight excluding hydrogens is 226 g/mol. The van der Waals surface area contributed by atoms with E-state index in [0.717, 1.165) is 5.69 Å². The normalized spacial score (nSPS) is 12.8. The number of nitrogens with one attached hydrogen (secondary N) is 2. The average Bonchev–Trinajstić information content (AvgIpc) is 2.50. The van der Waals surface area contributed by atoms with Gasteiger partial charge in [0.05, 0.1) is 5.75 Å². The van der Waals surface area contributed by atoms with Crippen LogP contribution in [0.2, 0.25) is 0 Å². The van der Waals surface area contributed by atoms with Crippen LogP contribution < -0.4 is 4.72 Å². The highest BCUT2D eigenvalue weighted by Crippen LogP contribution is 2.22. The third-order valence-electron chi connectivity index (χ3n) is 2.12. The maximum absolute atomic E-state index is 11.5. The second-order valence-corrected chi connectivity index (χ2v) is 6.68. The van der Waals surface area contributed by atoms with Gasteiger partial charge in [-0.2, -0.15) is 5.10 Å². The van der Waals surface area contributed by atoms with Crippen LogP contribution in [0.4, 0.5) is 5.82 Å². The molecule has 0 bridgehead atoms. The number of hydrogen-bond acceptors (Lipinski definition) is 3. The monoisotopic (exact) mass is 245 g/mol. The zero-order chi connectivity index (χ0) is 12.4. The molecule has 0 amide bonds. The van der Waals surface area contributed by atoms with Crippen molar-refractivity contribution in [2.45, 2.75) is 39.5 Å². The number of aromatic nitrogens is 2. The van der Waals surface area contributed by atoms with Crippen molar-refractivity contribution in [2.24, 2.45) is 0 Å². The zero-order valence-electron chi connectivity index (χ0n) is 10.2. The Morgan fingerprint density at radius 1 is 1.44 bits per heavy atom. The number of aromatic amines is 1. The summed E-state index contributed by atoms with van der Waals surface area (Å²) in [6, 6.07) is 1.73. The minimum Gasteiger partial charge on any atom is -0.280 e. The third-order valence-corrected chi connectivity index (χ3v) is 3.58. The Balaban J connectivity index is 2.81. The van der Waals surface area contributed by atoms with Gasteiger partial charge in [-0.25, -0.2) is 8.42 Å². The molecule has 0 saturated heterocycles. The van der Waals surface area contributed by atoms with Crippen LogP contribution in [-0.4, -0.2) is 24.4 Å². The number of H-pyrrole nitrogens is 1. The summed E-state index contributed by atoms with van der Waals surface area (Å²) in [6.07, 6.45) is 0.589. The van der Waals surface area contributed by atoms with E-state index in [9.17, 15) is 8.42 Å². The molecule has 1 aromatic rings. The quantitative estimate of drug-likeness (QED) is 0.850. The van der Waals surface area contributed by atoms with E-state index in [2.05, 4.69) is 14.9 Å². The molecule has 0 aliphatic carbocycles. The van der Waals surface area contributed by atoms with Gasteiger partial charge in [0.25, 0.3) is 0 Å². The van der Waals surface area contributed by atoms with Crippen LogP contribution in [0.3, 0.4) is 0 Å². The van der Waals surface area contributed by atoms with Gasteiger partial charge in [0.1, 0.15) is 0 Å².